The quantitative estimate of drug-likeness (QED) is 0.774. The summed E-state index contributed by atoms with van der Waals surface area (Å²) in [6.45, 7) is 2.92. The van der Waals surface area contributed by atoms with Crippen molar-refractivity contribution in [3.8, 4) is 0 Å². The molecular formula is C24H30N4O3. The Hall–Kier alpha value is -2.44. The lowest BCUT2D eigenvalue weighted by molar-refractivity contribution is -0.0503. The highest BCUT2D eigenvalue weighted by Gasteiger charge is 2.50. The smallest absolute Gasteiger partial charge is 0.329 e. The molecule has 2 N–H and O–H groups in total. The number of carbonyl (C=O) groups excluding carboxylic acids is 1. The minimum atomic E-state index is -0.528. The molecule has 5 aliphatic rings. The van der Waals surface area contributed by atoms with Gasteiger partial charge in [0.1, 0.15) is 0 Å². The summed E-state index contributed by atoms with van der Waals surface area (Å²) in [5, 5.41) is 3.44. The van der Waals surface area contributed by atoms with Crippen LogP contribution in [0, 0.1) is 23.2 Å². The van der Waals surface area contributed by atoms with Gasteiger partial charge < -0.3 is 5.32 Å². The second-order valence-electron chi connectivity index (χ2n) is 10.7. The predicted molar refractivity (Wildman–Crippen MR) is 117 cm³/mol. The summed E-state index contributed by atoms with van der Waals surface area (Å²) in [5.74, 6) is 2.59. The molecule has 2 aromatic heterocycles. The van der Waals surface area contributed by atoms with E-state index in [0.29, 0.717) is 30.2 Å². The normalized spacial score (nSPS) is 31.3. The molecule has 0 aliphatic heterocycles. The number of amides is 1. The second-order valence-corrected chi connectivity index (χ2v) is 10.7. The van der Waals surface area contributed by atoms with Crippen LogP contribution >= 0.6 is 0 Å². The van der Waals surface area contributed by atoms with Crippen molar-refractivity contribution >= 4 is 16.9 Å². The lowest BCUT2D eigenvalue weighted by atomic mass is 9.49. The highest BCUT2D eigenvalue weighted by atomic mass is 16.2. The third-order valence-corrected chi connectivity index (χ3v) is 8.31. The minimum absolute atomic E-state index is 0.211. The van der Waals surface area contributed by atoms with Gasteiger partial charge >= 0.3 is 5.69 Å². The third kappa shape index (κ3) is 3.15. The predicted octanol–water partition coefficient (Wildman–Crippen LogP) is 2.93. The largest absolute Gasteiger partial charge is 0.351 e. The first-order chi connectivity index (χ1) is 14.9. The topological polar surface area (TPSA) is 96.9 Å². The van der Waals surface area contributed by atoms with Crippen molar-refractivity contribution in [3.05, 3.63) is 38.2 Å². The molecule has 1 amide bonds. The van der Waals surface area contributed by atoms with Crippen LogP contribution < -0.4 is 16.6 Å². The maximum atomic E-state index is 13.4. The van der Waals surface area contributed by atoms with Gasteiger partial charge in [-0.15, -0.1) is 0 Å². The average molecular weight is 423 g/mol. The van der Waals surface area contributed by atoms with Crippen molar-refractivity contribution < 1.29 is 4.79 Å². The van der Waals surface area contributed by atoms with Crippen molar-refractivity contribution in [2.45, 2.75) is 70.8 Å². The van der Waals surface area contributed by atoms with Crippen molar-refractivity contribution in [1.82, 2.24) is 19.9 Å². The maximum Gasteiger partial charge on any atom is 0.329 e. The molecule has 5 saturated carbocycles. The Kier molecular flexibility index (Phi) is 4.21. The van der Waals surface area contributed by atoms with Crippen LogP contribution in [0.2, 0.25) is 0 Å². The minimum Gasteiger partial charge on any atom is -0.351 e. The van der Waals surface area contributed by atoms with E-state index in [2.05, 4.69) is 15.3 Å². The Morgan fingerprint density at radius 1 is 1.16 bits per heavy atom. The standard InChI is InChI=1S/C24H30N4O3/c1-2-28-20-19(22(30)27-23(28)31)17(8-18(26-20)16-3-4-16)21(29)25-12-24-9-13-5-14(10-24)7-15(6-13)11-24/h8,13-16H,2-7,9-12H2,1H3,(H,25,29)(H,27,30,31). The molecule has 5 fully saturated rings. The zero-order chi connectivity index (χ0) is 21.3. The summed E-state index contributed by atoms with van der Waals surface area (Å²) in [4.78, 5) is 45.5. The first-order valence-corrected chi connectivity index (χ1v) is 11.9. The fraction of sp³-hybridized carbons (Fsp3) is 0.667. The van der Waals surface area contributed by atoms with Gasteiger partial charge in [-0.1, -0.05) is 0 Å². The molecule has 2 aromatic rings. The number of nitrogens with one attached hydrogen (secondary N) is 2. The monoisotopic (exact) mass is 422 g/mol. The number of pyridine rings is 1. The number of aromatic amines is 1. The number of carbonyl (C=O) groups is 1. The Morgan fingerprint density at radius 2 is 1.81 bits per heavy atom. The van der Waals surface area contributed by atoms with E-state index in [-0.39, 0.29) is 16.7 Å². The molecule has 0 radical (unpaired) electrons. The van der Waals surface area contributed by atoms with Crippen LogP contribution in [0.5, 0.6) is 0 Å². The van der Waals surface area contributed by atoms with Gasteiger partial charge in [0.25, 0.3) is 11.5 Å². The van der Waals surface area contributed by atoms with Gasteiger partial charge in [-0.2, -0.15) is 0 Å². The number of aromatic nitrogens is 3. The molecule has 31 heavy (non-hydrogen) atoms. The van der Waals surface area contributed by atoms with Gasteiger partial charge in [0.15, 0.2) is 5.65 Å². The van der Waals surface area contributed by atoms with Crippen LogP contribution in [-0.4, -0.2) is 27.0 Å². The third-order valence-electron chi connectivity index (χ3n) is 8.31. The van der Waals surface area contributed by atoms with Crippen molar-refractivity contribution in [2.75, 3.05) is 6.54 Å². The van der Waals surface area contributed by atoms with Crippen LogP contribution in [0.15, 0.2) is 15.7 Å². The average Bonchev–Trinajstić information content (AvgIpc) is 3.56. The zero-order valence-corrected chi connectivity index (χ0v) is 18.1. The number of hydrogen-bond donors (Lipinski definition) is 2. The molecule has 0 aromatic carbocycles. The number of nitrogens with zero attached hydrogens (tertiary/aromatic N) is 2. The summed E-state index contributed by atoms with van der Waals surface area (Å²) < 4.78 is 1.46. The SMILES string of the molecule is CCn1c(=O)[nH]c(=O)c2c(C(=O)NCC34CC5CC(CC(C5)C3)C4)cc(C3CC3)nc21. The molecule has 5 aliphatic carbocycles. The van der Waals surface area contributed by atoms with Gasteiger partial charge in [-0.3, -0.25) is 19.1 Å². The van der Waals surface area contributed by atoms with Crippen molar-refractivity contribution in [3.63, 3.8) is 0 Å². The second kappa shape index (κ2) is 6.78. The molecule has 4 bridgehead atoms. The molecule has 7 nitrogen and oxygen atoms in total. The highest BCUT2D eigenvalue weighted by Crippen LogP contribution is 2.59. The Labute approximate surface area is 180 Å². The maximum absolute atomic E-state index is 13.4. The van der Waals surface area contributed by atoms with Crippen LogP contribution in [0.1, 0.15) is 80.3 Å². The van der Waals surface area contributed by atoms with Crippen molar-refractivity contribution in [1.29, 1.82) is 0 Å². The highest BCUT2D eigenvalue weighted by molar-refractivity contribution is 6.05. The lowest BCUT2D eigenvalue weighted by Gasteiger charge is -2.56. The molecule has 0 unspecified atom stereocenters. The van der Waals surface area contributed by atoms with E-state index in [0.717, 1.165) is 36.3 Å². The van der Waals surface area contributed by atoms with E-state index in [4.69, 9.17) is 0 Å². The number of aryl methyl sites for hydroxylation is 1. The summed E-state index contributed by atoms with van der Waals surface area (Å²) >= 11 is 0. The first kappa shape index (κ1) is 19.3. The molecule has 7 rings (SSSR count). The van der Waals surface area contributed by atoms with E-state index in [1.807, 2.05) is 6.92 Å². The molecule has 7 heteroatoms. The van der Waals surface area contributed by atoms with E-state index in [1.54, 1.807) is 6.07 Å². The number of fused-ring (bicyclic) bond motifs is 1. The first-order valence-electron chi connectivity index (χ1n) is 11.9. The molecule has 0 atom stereocenters. The Bertz CT molecular complexity index is 1150. The fourth-order valence-corrected chi connectivity index (χ4v) is 7.22. The van der Waals surface area contributed by atoms with Gasteiger partial charge in [0, 0.05) is 24.7 Å². The number of rotatable bonds is 5. The molecule has 0 spiro atoms. The summed E-state index contributed by atoms with van der Waals surface area (Å²) in [5.41, 5.74) is 0.741. The van der Waals surface area contributed by atoms with Gasteiger partial charge in [0.2, 0.25) is 0 Å². The van der Waals surface area contributed by atoms with E-state index in [1.165, 1.54) is 43.1 Å². The van der Waals surface area contributed by atoms with Crippen LogP contribution in [0.25, 0.3) is 11.0 Å². The van der Waals surface area contributed by atoms with E-state index in [9.17, 15) is 14.4 Å². The van der Waals surface area contributed by atoms with Crippen molar-refractivity contribution in [2.24, 2.45) is 23.2 Å². The zero-order valence-electron chi connectivity index (χ0n) is 18.1. The van der Waals surface area contributed by atoms with Crippen LogP contribution in [0.4, 0.5) is 0 Å². The molecule has 2 heterocycles. The number of hydrogen-bond acceptors (Lipinski definition) is 4. The molecule has 0 saturated heterocycles. The summed E-state index contributed by atoms with van der Waals surface area (Å²) in [7, 11) is 0. The lowest BCUT2D eigenvalue weighted by Crippen LogP contribution is -2.51. The summed E-state index contributed by atoms with van der Waals surface area (Å²) in [6, 6.07) is 1.79. The number of H-pyrrole nitrogens is 1. The summed E-state index contributed by atoms with van der Waals surface area (Å²) in [6.07, 6.45) is 9.85. The van der Waals surface area contributed by atoms with E-state index < -0.39 is 11.2 Å². The van der Waals surface area contributed by atoms with E-state index >= 15 is 0 Å². The fourth-order valence-electron chi connectivity index (χ4n) is 7.22. The van der Waals surface area contributed by atoms with Gasteiger partial charge in [-0.05, 0) is 87.5 Å². The molecular weight excluding hydrogens is 392 g/mol. The Morgan fingerprint density at radius 3 is 2.39 bits per heavy atom. The van der Waals surface area contributed by atoms with Crippen LogP contribution in [-0.2, 0) is 6.54 Å². The Balaban J connectivity index is 1.36. The van der Waals surface area contributed by atoms with Crippen LogP contribution in [0.3, 0.4) is 0 Å². The van der Waals surface area contributed by atoms with Gasteiger partial charge in [0.05, 0.1) is 10.9 Å². The van der Waals surface area contributed by atoms with Gasteiger partial charge in [-0.25, -0.2) is 9.78 Å². The molecule has 164 valence electrons.